The molecule has 3 rings (SSSR count). The van der Waals surface area contributed by atoms with Gasteiger partial charge >= 0.3 is 0 Å². The van der Waals surface area contributed by atoms with Gasteiger partial charge in [-0.15, -0.1) is 0 Å². The van der Waals surface area contributed by atoms with Gasteiger partial charge in [0.05, 0.1) is 6.42 Å². The molecule has 0 spiro atoms. The Morgan fingerprint density at radius 1 is 0.931 bits per heavy atom. The second-order valence-corrected chi connectivity index (χ2v) is 7.02. The van der Waals surface area contributed by atoms with Gasteiger partial charge in [0, 0.05) is 36.7 Å². The van der Waals surface area contributed by atoms with Gasteiger partial charge in [-0.05, 0) is 54.1 Å². The zero-order valence-corrected chi connectivity index (χ0v) is 16.8. The van der Waals surface area contributed by atoms with Crippen molar-refractivity contribution < 1.29 is 9.59 Å². The molecule has 0 atom stereocenters. The fourth-order valence-electron chi connectivity index (χ4n) is 2.86. The van der Waals surface area contributed by atoms with Gasteiger partial charge in [0.25, 0.3) is 5.91 Å². The molecular formula is C23H24N4O2. The van der Waals surface area contributed by atoms with Crippen LogP contribution < -0.4 is 15.6 Å². The van der Waals surface area contributed by atoms with Crippen molar-refractivity contribution >= 4 is 39.7 Å². The summed E-state index contributed by atoms with van der Waals surface area (Å²) in [5.41, 5.74) is 5.32. The monoisotopic (exact) mass is 388 g/mol. The quantitative estimate of drug-likeness (QED) is 0.494. The van der Waals surface area contributed by atoms with Gasteiger partial charge in [0.2, 0.25) is 5.91 Å². The Balaban J connectivity index is 1.55. The van der Waals surface area contributed by atoms with Crippen LogP contribution in [0.15, 0.2) is 71.8 Å². The number of benzene rings is 3. The van der Waals surface area contributed by atoms with Crippen molar-refractivity contribution in [3.05, 3.63) is 72.3 Å². The number of rotatable bonds is 6. The van der Waals surface area contributed by atoms with E-state index >= 15 is 0 Å². The van der Waals surface area contributed by atoms with E-state index in [2.05, 4.69) is 15.8 Å². The summed E-state index contributed by atoms with van der Waals surface area (Å²) in [7, 11) is 3.92. The molecule has 0 aromatic heterocycles. The van der Waals surface area contributed by atoms with Gasteiger partial charge in [0.1, 0.15) is 0 Å². The highest BCUT2D eigenvalue weighted by molar-refractivity contribution is 6.06. The summed E-state index contributed by atoms with van der Waals surface area (Å²) in [4.78, 5) is 26.5. The molecule has 0 heterocycles. The van der Waals surface area contributed by atoms with Gasteiger partial charge < -0.3 is 10.2 Å². The van der Waals surface area contributed by atoms with E-state index < -0.39 is 0 Å². The number of amides is 2. The van der Waals surface area contributed by atoms with E-state index in [1.165, 1.54) is 0 Å². The molecule has 6 nitrogen and oxygen atoms in total. The summed E-state index contributed by atoms with van der Waals surface area (Å²) in [6.45, 7) is 1.70. The lowest BCUT2D eigenvalue weighted by Gasteiger charge is -2.13. The van der Waals surface area contributed by atoms with E-state index in [-0.39, 0.29) is 18.2 Å². The molecule has 0 aliphatic heterocycles. The number of nitrogens with zero attached hydrogens (tertiary/aromatic N) is 2. The maximum absolute atomic E-state index is 12.3. The van der Waals surface area contributed by atoms with Crippen LogP contribution in [0.4, 0.5) is 11.4 Å². The van der Waals surface area contributed by atoms with Crippen LogP contribution in [0.5, 0.6) is 0 Å². The van der Waals surface area contributed by atoms with Crippen LogP contribution in [0.3, 0.4) is 0 Å². The van der Waals surface area contributed by atoms with Crippen molar-refractivity contribution in [2.75, 3.05) is 24.3 Å². The fourth-order valence-corrected chi connectivity index (χ4v) is 2.86. The number of nitrogens with one attached hydrogen (secondary N) is 2. The molecule has 0 radical (unpaired) electrons. The predicted octanol–water partition coefficient (Wildman–Crippen LogP) is 4.04. The molecule has 0 aliphatic rings. The smallest absolute Gasteiger partial charge is 0.271 e. The third kappa shape index (κ3) is 5.42. The standard InChI is InChI=1S/C23H24N4O2/c1-16(14-22(28)24-20-10-12-21(13-11-20)27(2)3)25-26-23(29)19-9-8-17-6-4-5-7-18(17)15-19/h4-13,15H,14H2,1-3H3,(H,24,28)(H,26,29)/b25-16+. The van der Waals surface area contributed by atoms with E-state index in [9.17, 15) is 9.59 Å². The largest absolute Gasteiger partial charge is 0.378 e. The highest BCUT2D eigenvalue weighted by Gasteiger charge is 2.08. The average Bonchev–Trinajstić information content (AvgIpc) is 2.72. The molecule has 148 valence electrons. The molecule has 2 amide bonds. The Labute approximate surface area is 170 Å². The molecule has 0 fully saturated rings. The summed E-state index contributed by atoms with van der Waals surface area (Å²) in [6, 6.07) is 20.9. The van der Waals surface area contributed by atoms with Crippen molar-refractivity contribution in [2.45, 2.75) is 13.3 Å². The van der Waals surface area contributed by atoms with Crippen molar-refractivity contribution in [3.8, 4) is 0 Å². The van der Waals surface area contributed by atoms with E-state index in [4.69, 9.17) is 0 Å². The minimum absolute atomic E-state index is 0.0907. The number of fused-ring (bicyclic) bond motifs is 1. The highest BCUT2D eigenvalue weighted by Crippen LogP contribution is 2.16. The van der Waals surface area contributed by atoms with Crippen LogP contribution in [0.2, 0.25) is 0 Å². The minimum Gasteiger partial charge on any atom is -0.378 e. The molecule has 0 unspecified atom stereocenters. The topological polar surface area (TPSA) is 73.8 Å². The minimum atomic E-state index is -0.310. The van der Waals surface area contributed by atoms with E-state index in [0.29, 0.717) is 17.0 Å². The SMILES string of the molecule is C/C(CC(=O)Nc1ccc(N(C)C)cc1)=N\NC(=O)c1ccc2ccccc2c1. The Bertz CT molecular complexity index is 1060. The second-order valence-electron chi connectivity index (χ2n) is 7.02. The normalized spacial score (nSPS) is 11.2. The summed E-state index contributed by atoms with van der Waals surface area (Å²) < 4.78 is 0. The molecule has 0 bridgehead atoms. The lowest BCUT2D eigenvalue weighted by Crippen LogP contribution is -2.21. The maximum Gasteiger partial charge on any atom is 0.271 e. The molecule has 29 heavy (non-hydrogen) atoms. The van der Waals surface area contributed by atoms with Crippen molar-refractivity contribution in [2.24, 2.45) is 5.10 Å². The van der Waals surface area contributed by atoms with Crippen LogP contribution in [0.1, 0.15) is 23.7 Å². The molecule has 3 aromatic rings. The van der Waals surface area contributed by atoms with Crippen LogP contribution in [0.25, 0.3) is 10.8 Å². The number of hydrogen-bond acceptors (Lipinski definition) is 4. The first-order valence-corrected chi connectivity index (χ1v) is 9.32. The number of carbonyl (C=O) groups excluding carboxylic acids is 2. The van der Waals surface area contributed by atoms with Gasteiger partial charge in [-0.25, -0.2) is 5.43 Å². The van der Waals surface area contributed by atoms with Gasteiger partial charge in [-0.2, -0.15) is 5.10 Å². The first-order valence-electron chi connectivity index (χ1n) is 9.32. The molecule has 0 saturated heterocycles. The molecule has 0 saturated carbocycles. The number of anilines is 2. The summed E-state index contributed by atoms with van der Waals surface area (Å²) in [6.07, 6.45) is 0.0907. The zero-order valence-electron chi connectivity index (χ0n) is 16.8. The first kappa shape index (κ1) is 20.1. The molecule has 6 heteroatoms. The fraction of sp³-hybridized carbons (Fsp3) is 0.174. The lowest BCUT2D eigenvalue weighted by atomic mass is 10.1. The Morgan fingerprint density at radius 3 is 2.31 bits per heavy atom. The number of hydrogen-bond donors (Lipinski definition) is 2. The second kappa shape index (κ2) is 9.01. The molecular weight excluding hydrogens is 364 g/mol. The third-order valence-corrected chi connectivity index (χ3v) is 4.44. The van der Waals surface area contributed by atoms with Crippen molar-refractivity contribution in [3.63, 3.8) is 0 Å². The number of carbonyl (C=O) groups is 2. The summed E-state index contributed by atoms with van der Waals surface area (Å²) >= 11 is 0. The molecule has 0 aliphatic carbocycles. The van der Waals surface area contributed by atoms with Crippen LogP contribution in [-0.2, 0) is 4.79 Å². The Kier molecular flexibility index (Phi) is 6.24. The van der Waals surface area contributed by atoms with Gasteiger partial charge in [-0.1, -0.05) is 30.3 Å². The Hall–Kier alpha value is -3.67. The molecule has 2 N–H and O–H groups in total. The maximum atomic E-state index is 12.3. The average molecular weight is 388 g/mol. The summed E-state index contributed by atoms with van der Waals surface area (Å²) in [5.74, 6) is -0.501. The predicted molar refractivity (Wildman–Crippen MR) is 119 cm³/mol. The zero-order chi connectivity index (χ0) is 20.8. The highest BCUT2D eigenvalue weighted by atomic mass is 16.2. The van der Waals surface area contributed by atoms with Crippen LogP contribution in [0, 0.1) is 0 Å². The van der Waals surface area contributed by atoms with Crippen LogP contribution in [-0.4, -0.2) is 31.6 Å². The molecule has 3 aromatic carbocycles. The number of hydrazone groups is 1. The van der Waals surface area contributed by atoms with Gasteiger partial charge in [0.15, 0.2) is 0 Å². The third-order valence-electron chi connectivity index (χ3n) is 4.44. The van der Waals surface area contributed by atoms with Crippen molar-refractivity contribution in [1.82, 2.24) is 5.43 Å². The lowest BCUT2D eigenvalue weighted by molar-refractivity contribution is -0.115. The van der Waals surface area contributed by atoms with Gasteiger partial charge in [-0.3, -0.25) is 9.59 Å². The van der Waals surface area contributed by atoms with E-state index in [0.717, 1.165) is 16.5 Å². The Morgan fingerprint density at radius 2 is 1.62 bits per heavy atom. The van der Waals surface area contributed by atoms with Crippen molar-refractivity contribution in [1.29, 1.82) is 0 Å². The first-order chi connectivity index (χ1) is 13.9. The van der Waals surface area contributed by atoms with E-state index in [1.807, 2.05) is 79.7 Å². The summed E-state index contributed by atoms with van der Waals surface area (Å²) in [5, 5.41) is 8.93. The van der Waals surface area contributed by atoms with E-state index in [1.54, 1.807) is 13.0 Å². The van der Waals surface area contributed by atoms with Crippen LogP contribution >= 0.6 is 0 Å².